The summed E-state index contributed by atoms with van der Waals surface area (Å²) in [6.45, 7) is 0.962. The first-order valence-corrected chi connectivity index (χ1v) is 11.7. The maximum atomic E-state index is 6.30. The molecule has 2 N–H and O–H groups in total. The molecule has 0 aliphatic carbocycles. The molecule has 5 aromatic rings. The second-order valence-electron chi connectivity index (χ2n) is 8.25. The number of hydrogen-bond acceptors (Lipinski definition) is 6. The number of aromatic nitrogens is 3. The molecule has 0 bridgehead atoms. The summed E-state index contributed by atoms with van der Waals surface area (Å²) < 4.78 is 18.8. The van der Waals surface area contributed by atoms with E-state index in [4.69, 9.17) is 31.5 Å². The maximum Gasteiger partial charge on any atom is 0.201 e. The van der Waals surface area contributed by atoms with Crippen LogP contribution in [0.25, 0.3) is 22.2 Å². The molecule has 182 valence electrons. The summed E-state index contributed by atoms with van der Waals surface area (Å²) in [4.78, 5) is 8.74. The van der Waals surface area contributed by atoms with E-state index >= 15 is 0 Å². The summed E-state index contributed by atoms with van der Waals surface area (Å²) in [5, 5.41) is 0.459. The third kappa shape index (κ3) is 4.92. The van der Waals surface area contributed by atoms with E-state index in [1.807, 2.05) is 71.3 Å². The third-order valence-corrected chi connectivity index (χ3v) is 6.18. The molecule has 0 radical (unpaired) electrons. The average Bonchev–Trinajstić information content (AvgIpc) is 3.22. The summed E-state index contributed by atoms with van der Waals surface area (Å²) in [7, 11) is 3.28. The smallest absolute Gasteiger partial charge is 0.201 e. The van der Waals surface area contributed by atoms with Gasteiger partial charge in [0.05, 0.1) is 31.8 Å². The van der Waals surface area contributed by atoms with Gasteiger partial charge in [0.1, 0.15) is 17.5 Å². The van der Waals surface area contributed by atoms with E-state index < -0.39 is 0 Å². The molecule has 36 heavy (non-hydrogen) atoms. The fourth-order valence-corrected chi connectivity index (χ4v) is 4.15. The van der Waals surface area contributed by atoms with E-state index in [0.717, 1.165) is 39.0 Å². The van der Waals surface area contributed by atoms with Gasteiger partial charge in [-0.15, -0.1) is 0 Å². The fourth-order valence-electron chi connectivity index (χ4n) is 4.04. The molecule has 5 rings (SSSR count). The van der Waals surface area contributed by atoms with Crippen molar-refractivity contribution in [3.05, 3.63) is 95.3 Å². The number of pyridine rings is 1. The van der Waals surface area contributed by atoms with Gasteiger partial charge in [-0.05, 0) is 65.2 Å². The largest absolute Gasteiger partial charge is 0.497 e. The zero-order valence-electron chi connectivity index (χ0n) is 19.9. The Bertz CT molecular complexity index is 1500. The van der Waals surface area contributed by atoms with Gasteiger partial charge in [-0.3, -0.25) is 0 Å². The Morgan fingerprint density at radius 2 is 1.61 bits per heavy atom. The molecule has 8 heteroatoms. The van der Waals surface area contributed by atoms with Crippen LogP contribution in [-0.4, -0.2) is 28.8 Å². The van der Waals surface area contributed by atoms with Crippen molar-refractivity contribution in [1.82, 2.24) is 14.5 Å². The van der Waals surface area contributed by atoms with E-state index in [2.05, 4.69) is 9.97 Å². The van der Waals surface area contributed by atoms with Crippen LogP contribution in [0, 0.1) is 0 Å². The molecule has 0 amide bonds. The second-order valence-corrected chi connectivity index (χ2v) is 8.64. The first-order valence-electron chi connectivity index (χ1n) is 11.3. The van der Waals surface area contributed by atoms with Gasteiger partial charge in [-0.1, -0.05) is 35.9 Å². The van der Waals surface area contributed by atoms with Gasteiger partial charge in [-0.25, -0.2) is 9.97 Å². The van der Waals surface area contributed by atoms with Gasteiger partial charge in [0.25, 0.3) is 0 Å². The molecule has 0 fully saturated rings. The number of fused-ring (bicyclic) bond motifs is 1. The highest BCUT2D eigenvalue weighted by atomic mass is 35.5. The van der Waals surface area contributed by atoms with Crippen molar-refractivity contribution in [2.75, 3.05) is 20.0 Å². The van der Waals surface area contributed by atoms with Gasteiger partial charge in [0.15, 0.2) is 11.5 Å². The van der Waals surface area contributed by atoms with Crippen LogP contribution in [0.2, 0.25) is 5.15 Å². The molecule has 0 spiro atoms. The predicted molar refractivity (Wildman–Crippen MR) is 142 cm³/mol. The molecule has 2 aromatic heterocycles. The van der Waals surface area contributed by atoms with E-state index in [0.29, 0.717) is 35.8 Å². The first kappa shape index (κ1) is 23.5. The van der Waals surface area contributed by atoms with Crippen LogP contribution in [0.15, 0.2) is 79.0 Å². The normalized spacial score (nSPS) is 11.0. The summed E-state index contributed by atoms with van der Waals surface area (Å²) in [5.74, 6) is 2.57. The SMILES string of the molecule is COc1ccc(COc2ccc(Cn3c(N)nc4cc(-c5ccc(Cl)nc5)ccc43)cc2OC)cc1. The zero-order valence-corrected chi connectivity index (χ0v) is 20.7. The molecule has 7 nitrogen and oxygen atoms in total. The fraction of sp³-hybridized carbons (Fsp3) is 0.143. The lowest BCUT2D eigenvalue weighted by Gasteiger charge is -2.13. The highest BCUT2D eigenvalue weighted by molar-refractivity contribution is 6.29. The van der Waals surface area contributed by atoms with Crippen LogP contribution in [0.1, 0.15) is 11.1 Å². The van der Waals surface area contributed by atoms with E-state index in [-0.39, 0.29) is 0 Å². The van der Waals surface area contributed by atoms with Crippen molar-refractivity contribution in [2.45, 2.75) is 13.2 Å². The van der Waals surface area contributed by atoms with E-state index in [9.17, 15) is 0 Å². The van der Waals surface area contributed by atoms with Crippen molar-refractivity contribution < 1.29 is 14.2 Å². The zero-order chi connectivity index (χ0) is 25.1. The van der Waals surface area contributed by atoms with Gasteiger partial charge >= 0.3 is 0 Å². The van der Waals surface area contributed by atoms with Gasteiger partial charge in [-0.2, -0.15) is 0 Å². The standard InChI is InChI=1S/C28H25ClN4O3/c1-34-22-8-3-18(4-9-22)17-36-25-11-5-19(13-26(25)35-2)16-33-24-10-6-20(14-23(24)32-28(33)30)21-7-12-27(29)31-15-21/h3-15H,16-17H2,1-2H3,(H2,30,32). The van der Waals surface area contributed by atoms with Crippen LogP contribution in [0.4, 0.5) is 5.95 Å². The Balaban J connectivity index is 1.35. The topological polar surface area (TPSA) is 84.4 Å². The number of methoxy groups -OCH3 is 2. The Morgan fingerprint density at radius 1 is 0.833 bits per heavy atom. The Morgan fingerprint density at radius 3 is 2.33 bits per heavy atom. The minimum atomic E-state index is 0.421. The molecular weight excluding hydrogens is 476 g/mol. The molecule has 2 heterocycles. The summed E-state index contributed by atoms with van der Waals surface area (Å²) >= 11 is 5.92. The molecule has 0 atom stereocenters. The van der Waals surface area contributed by atoms with Crippen LogP contribution in [0.3, 0.4) is 0 Å². The van der Waals surface area contributed by atoms with Crippen LogP contribution >= 0.6 is 11.6 Å². The Kier molecular flexibility index (Phi) is 6.64. The molecular formula is C28H25ClN4O3. The van der Waals surface area contributed by atoms with Crippen LogP contribution in [-0.2, 0) is 13.2 Å². The van der Waals surface area contributed by atoms with Gasteiger partial charge in [0, 0.05) is 11.8 Å². The molecule has 3 aromatic carbocycles. The first-order chi connectivity index (χ1) is 17.5. The number of ether oxygens (including phenoxy) is 3. The van der Waals surface area contributed by atoms with Crippen molar-refractivity contribution in [3.8, 4) is 28.4 Å². The summed E-state index contributed by atoms with van der Waals surface area (Å²) in [5.41, 5.74) is 12.1. The number of benzene rings is 3. The number of nitrogen functional groups attached to an aromatic ring is 1. The number of nitrogens with two attached hydrogens (primary N) is 1. The summed E-state index contributed by atoms with van der Waals surface area (Å²) in [6, 6.07) is 23.4. The quantitative estimate of drug-likeness (QED) is 0.264. The lowest BCUT2D eigenvalue weighted by molar-refractivity contribution is 0.284. The molecule has 0 unspecified atom stereocenters. The number of halogens is 1. The van der Waals surface area contributed by atoms with Crippen molar-refractivity contribution in [1.29, 1.82) is 0 Å². The van der Waals surface area contributed by atoms with E-state index in [1.165, 1.54) is 0 Å². The Labute approximate surface area is 214 Å². The molecule has 0 aliphatic heterocycles. The number of imidazole rings is 1. The van der Waals surface area contributed by atoms with Gasteiger partial charge in [0.2, 0.25) is 5.95 Å². The van der Waals surface area contributed by atoms with Crippen molar-refractivity contribution in [2.24, 2.45) is 0 Å². The molecule has 0 saturated heterocycles. The Hall–Kier alpha value is -4.23. The maximum absolute atomic E-state index is 6.30. The van der Waals surface area contributed by atoms with Crippen molar-refractivity contribution in [3.63, 3.8) is 0 Å². The number of nitrogens with zero attached hydrogens (tertiary/aromatic N) is 3. The van der Waals surface area contributed by atoms with Crippen LogP contribution < -0.4 is 19.9 Å². The lowest BCUT2D eigenvalue weighted by atomic mass is 10.1. The van der Waals surface area contributed by atoms with Gasteiger partial charge < -0.3 is 24.5 Å². The van der Waals surface area contributed by atoms with Crippen LogP contribution in [0.5, 0.6) is 17.2 Å². The monoisotopic (exact) mass is 500 g/mol. The lowest BCUT2D eigenvalue weighted by Crippen LogP contribution is -2.05. The number of rotatable bonds is 8. The number of hydrogen-bond donors (Lipinski definition) is 1. The third-order valence-electron chi connectivity index (χ3n) is 5.96. The molecule has 0 saturated carbocycles. The minimum absolute atomic E-state index is 0.421. The summed E-state index contributed by atoms with van der Waals surface area (Å²) in [6.07, 6.45) is 1.74. The van der Waals surface area contributed by atoms with Crippen molar-refractivity contribution >= 4 is 28.6 Å². The van der Waals surface area contributed by atoms with E-state index in [1.54, 1.807) is 26.5 Å². The average molecular weight is 501 g/mol. The molecule has 0 aliphatic rings. The second kappa shape index (κ2) is 10.2. The number of anilines is 1. The predicted octanol–water partition coefficient (Wildman–Crippen LogP) is 5.98. The minimum Gasteiger partial charge on any atom is -0.497 e. The highest BCUT2D eigenvalue weighted by Gasteiger charge is 2.13. The highest BCUT2D eigenvalue weighted by Crippen LogP contribution is 2.31.